The van der Waals surface area contributed by atoms with Crippen LogP contribution in [-0.2, 0) is 0 Å². The van der Waals surface area contributed by atoms with Crippen molar-refractivity contribution >= 4 is 33.3 Å². The average Bonchev–Trinajstić information content (AvgIpc) is 2.63. The molecule has 0 aliphatic rings. The first-order chi connectivity index (χ1) is 6.74. The van der Waals surface area contributed by atoms with Crippen molar-refractivity contribution < 1.29 is 4.92 Å². The smallest absolute Gasteiger partial charge is 0.258 e. The summed E-state index contributed by atoms with van der Waals surface area (Å²) in [5.74, 6) is 0. The van der Waals surface area contributed by atoms with Gasteiger partial charge in [0, 0.05) is 0 Å². The van der Waals surface area contributed by atoms with Crippen molar-refractivity contribution in [2.24, 2.45) is 0 Å². The molecular formula is C9H6N2O2S. The van der Waals surface area contributed by atoms with E-state index in [1.165, 1.54) is 23.6 Å². The molecule has 70 valence electrons. The predicted octanol–water partition coefficient (Wildman–Crippen LogP) is 2.85. The van der Waals surface area contributed by atoms with E-state index in [0.717, 1.165) is 10.2 Å². The quantitative estimate of drug-likeness (QED) is 0.560. The molecular weight excluding hydrogens is 200 g/mol. The number of hydrogen-bond donors (Lipinski definition) is 0. The fraction of sp³-hybridized carbons (Fsp3) is 0. The maximum atomic E-state index is 10.7. The Labute approximate surface area is 83.7 Å². The van der Waals surface area contributed by atoms with E-state index in [9.17, 15) is 10.1 Å². The minimum absolute atomic E-state index is 0.00921. The van der Waals surface area contributed by atoms with Gasteiger partial charge in [0.1, 0.15) is 6.20 Å². The van der Waals surface area contributed by atoms with Crippen LogP contribution >= 0.6 is 11.3 Å². The molecule has 2 heterocycles. The topological polar surface area (TPSA) is 56.0 Å². The maximum absolute atomic E-state index is 10.7. The number of nitrogens with zero attached hydrogens (tertiary/aromatic N) is 2. The number of fused-ring (bicyclic) bond motifs is 1. The molecule has 0 aromatic carbocycles. The third-order valence-electron chi connectivity index (χ3n) is 1.89. The second-order valence-electron chi connectivity index (χ2n) is 2.65. The normalized spacial score (nSPS) is 10.3. The van der Waals surface area contributed by atoms with Gasteiger partial charge in [0.15, 0.2) is 0 Å². The molecule has 0 N–H and O–H groups in total. The van der Waals surface area contributed by atoms with Crippen molar-refractivity contribution in [3.63, 3.8) is 0 Å². The van der Waals surface area contributed by atoms with Crippen LogP contribution in [0.25, 0.3) is 16.3 Å². The molecule has 0 fully saturated rings. The molecule has 14 heavy (non-hydrogen) atoms. The summed E-state index contributed by atoms with van der Waals surface area (Å²) in [5.41, 5.74) is 1.33. The van der Waals surface area contributed by atoms with Crippen molar-refractivity contribution in [1.29, 1.82) is 0 Å². The Morgan fingerprint density at radius 1 is 1.64 bits per heavy atom. The Morgan fingerprint density at radius 2 is 2.43 bits per heavy atom. The zero-order valence-electron chi connectivity index (χ0n) is 7.14. The van der Waals surface area contributed by atoms with Crippen LogP contribution in [0.5, 0.6) is 0 Å². The van der Waals surface area contributed by atoms with Crippen molar-refractivity contribution in [2.45, 2.75) is 0 Å². The van der Waals surface area contributed by atoms with Crippen LogP contribution in [0.4, 0.5) is 5.69 Å². The van der Waals surface area contributed by atoms with Crippen LogP contribution in [0, 0.1) is 10.1 Å². The molecule has 2 rings (SSSR count). The number of aromatic nitrogens is 1. The van der Waals surface area contributed by atoms with Gasteiger partial charge in [0.2, 0.25) is 0 Å². The zero-order valence-corrected chi connectivity index (χ0v) is 7.95. The lowest BCUT2D eigenvalue weighted by Crippen LogP contribution is -1.92. The molecule has 0 aliphatic heterocycles. The van der Waals surface area contributed by atoms with Gasteiger partial charge in [-0.2, -0.15) is 0 Å². The van der Waals surface area contributed by atoms with E-state index in [2.05, 4.69) is 11.6 Å². The van der Waals surface area contributed by atoms with Crippen LogP contribution in [0.1, 0.15) is 5.56 Å². The largest absolute Gasteiger partial charge is 0.296 e. The van der Waals surface area contributed by atoms with E-state index >= 15 is 0 Å². The average molecular weight is 206 g/mol. The molecule has 0 saturated heterocycles. The minimum atomic E-state index is -0.441. The highest BCUT2D eigenvalue weighted by molar-refractivity contribution is 7.17. The Balaban J connectivity index is 2.85. The lowest BCUT2D eigenvalue weighted by atomic mass is 10.2. The summed E-state index contributed by atoms with van der Waals surface area (Å²) in [6, 6.07) is 1.83. The molecule has 2 aromatic heterocycles. The van der Waals surface area contributed by atoms with E-state index in [1.54, 1.807) is 0 Å². The van der Waals surface area contributed by atoms with Crippen molar-refractivity contribution in [1.82, 2.24) is 4.98 Å². The standard InChI is InChI=1S/C9H6N2O2S/c1-2-6-8(11(12)13)5-10-7-3-4-14-9(6)7/h2-5H,1H2. The van der Waals surface area contributed by atoms with Crippen LogP contribution in [0.2, 0.25) is 0 Å². The SMILES string of the molecule is C=Cc1c([N+](=O)[O-])cnc2ccsc12. The van der Waals surface area contributed by atoms with Gasteiger partial charge >= 0.3 is 0 Å². The van der Waals surface area contributed by atoms with E-state index in [0.29, 0.717) is 5.56 Å². The van der Waals surface area contributed by atoms with Crippen molar-refractivity contribution in [2.75, 3.05) is 0 Å². The van der Waals surface area contributed by atoms with Crippen LogP contribution < -0.4 is 0 Å². The molecule has 0 unspecified atom stereocenters. The van der Waals surface area contributed by atoms with Gasteiger partial charge in [-0.05, 0) is 11.4 Å². The second kappa shape index (κ2) is 3.19. The number of thiophene rings is 1. The van der Waals surface area contributed by atoms with Crippen molar-refractivity contribution in [3.05, 3.63) is 39.9 Å². The first-order valence-corrected chi connectivity index (χ1v) is 4.75. The Hall–Kier alpha value is -1.75. The minimum Gasteiger partial charge on any atom is -0.258 e. The number of pyridine rings is 1. The summed E-state index contributed by atoms with van der Waals surface area (Å²) in [5, 5.41) is 12.5. The fourth-order valence-electron chi connectivity index (χ4n) is 1.26. The van der Waals surface area contributed by atoms with Crippen molar-refractivity contribution in [3.8, 4) is 0 Å². The molecule has 2 aromatic rings. The molecule has 0 spiro atoms. The Bertz CT molecular complexity index is 519. The first kappa shape index (κ1) is 8.83. The maximum Gasteiger partial charge on any atom is 0.296 e. The summed E-state index contributed by atoms with van der Waals surface area (Å²) < 4.78 is 0.814. The summed E-state index contributed by atoms with van der Waals surface area (Å²) in [7, 11) is 0. The summed E-state index contributed by atoms with van der Waals surface area (Å²) in [4.78, 5) is 14.2. The molecule has 0 bridgehead atoms. The molecule has 0 radical (unpaired) electrons. The van der Waals surface area contributed by atoms with E-state index < -0.39 is 4.92 Å². The molecule has 5 heteroatoms. The Morgan fingerprint density at radius 3 is 3.07 bits per heavy atom. The third-order valence-corrected chi connectivity index (χ3v) is 2.83. The summed E-state index contributed by atoms with van der Waals surface area (Å²) >= 11 is 1.43. The van der Waals surface area contributed by atoms with E-state index in [-0.39, 0.29) is 5.69 Å². The summed E-state index contributed by atoms with van der Waals surface area (Å²) in [6.45, 7) is 3.58. The molecule has 4 nitrogen and oxygen atoms in total. The van der Waals surface area contributed by atoms with Gasteiger partial charge in [-0.3, -0.25) is 10.1 Å². The second-order valence-corrected chi connectivity index (χ2v) is 3.57. The van der Waals surface area contributed by atoms with Gasteiger partial charge in [0.05, 0.1) is 20.7 Å². The third kappa shape index (κ3) is 1.18. The van der Waals surface area contributed by atoms with Gasteiger partial charge in [0.25, 0.3) is 5.69 Å². The summed E-state index contributed by atoms with van der Waals surface area (Å²) in [6.07, 6.45) is 2.77. The first-order valence-electron chi connectivity index (χ1n) is 3.87. The number of rotatable bonds is 2. The number of hydrogen-bond acceptors (Lipinski definition) is 4. The van der Waals surface area contributed by atoms with E-state index in [4.69, 9.17) is 0 Å². The molecule has 0 saturated carbocycles. The number of nitro groups is 1. The van der Waals surface area contributed by atoms with Crippen LogP contribution in [0.15, 0.2) is 24.2 Å². The lowest BCUT2D eigenvalue weighted by Gasteiger charge is -1.97. The van der Waals surface area contributed by atoms with Crippen LogP contribution in [-0.4, -0.2) is 9.91 Å². The highest BCUT2D eigenvalue weighted by Gasteiger charge is 2.15. The fourth-order valence-corrected chi connectivity index (χ4v) is 2.15. The van der Waals surface area contributed by atoms with Gasteiger partial charge in [-0.25, -0.2) is 4.98 Å². The molecule has 0 atom stereocenters. The van der Waals surface area contributed by atoms with E-state index in [1.807, 2.05) is 11.4 Å². The molecule has 0 amide bonds. The van der Waals surface area contributed by atoms with Gasteiger partial charge in [-0.15, -0.1) is 11.3 Å². The highest BCUT2D eigenvalue weighted by atomic mass is 32.1. The van der Waals surface area contributed by atoms with Gasteiger partial charge in [-0.1, -0.05) is 12.7 Å². The monoisotopic (exact) mass is 206 g/mol. The Kier molecular flexibility index (Phi) is 2.01. The predicted molar refractivity (Wildman–Crippen MR) is 56.4 cm³/mol. The molecule has 0 aliphatic carbocycles. The lowest BCUT2D eigenvalue weighted by molar-refractivity contribution is -0.385. The zero-order chi connectivity index (χ0) is 10.1. The highest BCUT2D eigenvalue weighted by Crippen LogP contribution is 2.30. The van der Waals surface area contributed by atoms with Crippen LogP contribution in [0.3, 0.4) is 0 Å². The van der Waals surface area contributed by atoms with Gasteiger partial charge < -0.3 is 0 Å².